The Morgan fingerprint density at radius 1 is 1.47 bits per heavy atom. The number of nitrogens with two attached hydrogens (primary N) is 1. The molecule has 0 aliphatic heterocycles. The summed E-state index contributed by atoms with van der Waals surface area (Å²) in [6.45, 7) is 8.01. The summed E-state index contributed by atoms with van der Waals surface area (Å²) >= 11 is 0. The zero-order valence-electron chi connectivity index (χ0n) is 10.4. The molecular formula is C11H24N2O2. The van der Waals surface area contributed by atoms with E-state index in [2.05, 4.69) is 0 Å². The molecule has 4 heteroatoms. The second kappa shape index (κ2) is 5.47. The van der Waals surface area contributed by atoms with E-state index in [0.717, 1.165) is 0 Å². The normalized spacial score (nSPS) is 14.1. The van der Waals surface area contributed by atoms with E-state index >= 15 is 0 Å². The maximum atomic E-state index is 11.9. The van der Waals surface area contributed by atoms with Gasteiger partial charge >= 0.3 is 0 Å². The van der Waals surface area contributed by atoms with Gasteiger partial charge in [0.25, 0.3) is 0 Å². The van der Waals surface area contributed by atoms with E-state index in [1.54, 1.807) is 25.8 Å². The molecule has 15 heavy (non-hydrogen) atoms. The summed E-state index contributed by atoms with van der Waals surface area (Å²) in [6.07, 6.45) is 0. The minimum absolute atomic E-state index is 0.00891. The molecule has 0 aromatic heterocycles. The van der Waals surface area contributed by atoms with Gasteiger partial charge in [-0.05, 0) is 19.8 Å². The minimum Gasteiger partial charge on any atom is -0.389 e. The monoisotopic (exact) mass is 216 g/mol. The first-order valence-electron chi connectivity index (χ1n) is 5.36. The molecule has 4 nitrogen and oxygen atoms in total. The van der Waals surface area contributed by atoms with Crippen molar-refractivity contribution in [1.29, 1.82) is 0 Å². The number of hydrogen-bond donors (Lipinski definition) is 2. The molecule has 1 amide bonds. The van der Waals surface area contributed by atoms with Crippen molar-refractivity contribution in [1.82, 2.24) is 4.90 Å². The quantitative estimate of drug-likeness (QED) is 0.701. The smallest absolute Gasteiger partial charge is 0.227 e. The van der Waals surface area contributed by atoms with Crippen LogP contribution in [-0.4, -0.2) is 41.7 Å². The number of aliphatic hydroxyl groups is 1. The molecule has 0 aliphatic rings. The largest absolute Gasteiger partial charge is 0.389 e. The Morgan fingerprint density at radius 3 is 2.20 bits per heavy atom. The highest BCUT2D eigenvalue weighted by Gasteiger charge is 2.26. The molecule has 0 aromatic carbocycles. The molecule has 0 bridgehead atoms. The van der Waals surface area contributed by atoms with E-state index in [9.17, 15) is 9.90 Å². The lowest BCUT2D eigenvalue weighted by Crippen LogP contribution is -2.45. The lowest BCUT2D eigenvalue weighted by Gasteiger charge is -2.29. The fourth-order valence-electron chi connectivity index (χ4n) is 1.60. The van der Waals surface area contributed by atoms with Crippen molar-refractivity contribution >= 4 is 5.91 Å². The molecule has 3 N–H and O–H groups in total. The Bertz CT molecular complexity index is 209. The second-order valence-electron chi connectivity index (χ2n) is 5.09. The number of nitrogens with zero attached hydrogens (tertiary/aromatic N) is 1. The van der Waals surface area contributed by atoms with Crippen LogP contribution in [0.2, 0.25) is 0 Å². The molecule has 0 saturated heterocycles. The van der Waals surface area contributed by atoms with Crippen molar-refractivity contribution in [2.45, 2.75) is 33.3 Å². The molecule has 1 atom stereocenters. The average molecular weight is 216 g/mol. The minimum atomic E-state index is -0.861. The molecule has 0 saturated carbocycles. The molecule has 0 rings (SSSR count). The third kappa shape index (κ3) is 5.14. The first-order valence-corrected chi connectivity index (χ1v) is 5.36. The summed E-state index contributed by atoms with van der Waals surface area (Å²) in [5, 5.41) is 9.60. The Hall–Kier alpha value is -0.610. The number of rotatable bonds is 5. The average Bonchev–Trinajstić information content (AvgIpc) is 2.01. The van der Waals surface area contributed by atoms with Gasteiger partial charge in [0.15, 0.2) is 0 Å². The van der Waals surface area contributed by atoms with Gasteiger partial charge in [-0.15, -0.1) is 0 Å². The van der Waals surface area contributed by atoms with Crippen molar-refractivity contribution in [3.63, 3.8) is 0 Å². The lowest BCUT2D eigenvalue weighted by atomic mass is 9.94. The van der Waals surface area contributed by atoms with Crippen molar-refractivity contribution in [2.75, 3.05) is 20.1 Å². The number of likely N-dealkylation sites (N-methyl/N-ethyl adjacent to an activating group) is 1. The standard InChI is InChI=1S/C11H24N2O2/c1-8(2)9(6-12)10(14)13(5)7-11(3,4)15/h8-9,15H,6-7,12H2,1-5H3. The number of carbonyl (C=O) groups excluding carboxylic acids is 1. The van der Waals surface area contributed by atoms with E-state index < -0.39 is 5.60 Å². The van der Waals surface area contributed by atoms with Gasteiger partial charge in [-0.3, -0.25) is 4.79 Å². The summed E-state index contributed by atoms with van der Waals surface area (Å²) in [4.78, 5) is 13.5. The SMILES string of the molecule is CC(C)C(CN)C(=O)N(C)CC(C)(C)O. The van der Waals surface area contributed by atoms with Crippen LogP contribution in [0.3, 0.4) is 0 Å². The Morgan fingerprint density at radius 2 is 1.93 bits per heavy atom. The first kappa shape index (κ1) is 14.4. The van der Waals surface area contributed by atoms with E-state index in [-0.39, 0.29) is 17.7 Å². The first-order chi connectivity index (χ1) is 6.69. The molecule has 0 aliphatic carbocycles. The predicted octanol–water partition coefficient (Wildman–Crippen LogP) is 0.447. The van der Waals surface area contributed by atoms with Crippen LogP contribution < -0.4 is 5.73 Å². The highest BCUT2D eigenvalue weighted by Crippen LogP contribution is 2.14. The van der Waals surface area contributed by atoms with Crippen LogP contribution in [0.25, 0.3) is 0 Å². The van der Waals surface area contributed by atoms with E-state index in [1.807, 2.05) is 13.8 Å². The van der Waals surface area contributed by atoms with Gasteiger partial charge in [-0.1, -0.05) is 13.8 Å². The fourth-order valence-corrected chi connectivity index (χ4v) is 1.60. The number of carbonyl (C=O) groups is 1. The van der Waals surface area contributed by atoms with Gasteiger partial charge in [-0.2, -0.15) is 0 Å². The molecule has 90 valence electrons. The molecule has 0 fully saturated rings. The van der Waals surface area contributed by atoms with Crippen LogP contribution >= 0.6 is 0 Å². The van der Waals surface area contributed by atoms with Gasteiger partial charge in [0.1, 0.15) is 0 Å². The van der Waals surface area contributed by atoms with Crippen molar-refractivity contribution in [2.24, 2.45) is 17.6 Å². The lowest BCUT2D eigenvalue weighted by molar-refractivity contribution is -0.137. The predicted molar refractivity (Wildman–Crippen MR) is 61.3 cm³/mol. The van der Waals surface area contributed by atoms with Crippen molar-refractivity contribution < 1.29 is 9.90 Å². The number of amides is 1. The van der Waals surface area contributed by atoms with Crippen LogP contribution in [0.15, 0.2) is 0 Å². The molecule has 1 unspecified atom stereocenters. The zero-order valence-corrected chi connectivity index (χ0v) is 10.4. The van der Waals surface area contributed by atoms with Crippen LogP contribution in [0, 0.1) is 11.8 Å². The third-order valence-corrected chi connectivity index (χ3v) is 2.38. The van der Waals surface area contributed by atoms with Crippen molar-refractivity contribution in [3.8, 4) is 0 Å². The van der Waals surface area contributed by atoms with E-state index in [0.29, 0.717) is 13.1 Å². The Labute approximate surface area is 92.4 Å². The van der Waals surface area contributed by atoms with Crippen LogP contribution in [-0.2, 0) is 4.79 Å². The van der Waals surface area contributed by atoms with Crippen LogP contribution in [0.1, 0.15) is 27.7 Å². The van der Waals surface area contributed by atoms with Gasteiger partial charge in [0.05, 0.1) is 11.5 Å². The highest BCUT2D eigenvalue weighted by atomic mass is 16.3. The molecule has 0 spiro atoms. The Balaban J connectivity index is 4.42. The van der Waals surface area contributed by atoms with Crippen LogP contribution in [0.5, 0.6) is 0 Å². The van der Waals surface area contributed by atoms with Crippen LogP contribution in [0.4, 0.5) is 0 Å². The van der Waals surface area contributed by atoms with Gasteiger partial charge in [0, 0.05) is 20.1 Å². The van der Waals surface area contributed by atoms with E-state index in [1.165, 1.54) is 0 Å². The fraction of sp³-hybridized carbons (Fsp3) is 0.909. The highest BCUT2D eigenvalue weighted by molar-refractivity contribution is 5.79. The summed E-state index contributed by atoms with van der Waals surface area (Å²) < 4.78 is 0. The van der Waals surface area contributed by atoms with Gasteiger partial charge in [0.2, 0.25) is 5.91 Å². The molecular weight excluding hydrogens is 192 g/mol. The maximum absolute atomic E-state index is 11.9. The van der Waals surface area contributed by atoms with E-state index in [4.69, 9.17) is 5.73 Å². The topological polar surface area (TPSA) is 66.6 Å². The second-order valence-corrected chi connectivity index (χ2v) is 5.09. The Kier molecular flexibility index (Phi) is 5.24. The maximum Gasteiger partial charge on any atom is 0.227 e. The van der Waals surface area contributed by atoms with Gasteiger partial charge < -0.3 is 15.7 Å². The number of hydrogen-bond acceptors (Lipinski definition) is 3. The summed E-state index contributed by atoms with van der Waals surface area (Å²) in [7, 11) is 1.70. The molecule has 0 heterocycles. The summed E-state index contributed by atoms with van der Waals surface area (Å²) in [5.74, 6) is 0.0822. The zero-order chi connectivity index (χ0) is 12.2. The van der Waals surface area contributed by atoms with Gasteiger partial charge in [-0.25, -0.2) is 0 Å². The molecule has 0 aromatic rings. The van der Waals surface area contributed by atoms with Crippen molar-refractivity contribution in [3.05, 3.63) is 0 Å². The molecule has 0 radical (unpaired) electrons. The summed E-state index contributed by atoms with van der Waals surface area (Å²) in [5.41, 5.74) is 4.71. The third-order valence-electron chi connectivity index (χ3n) is 2.38. The summed E-state index contributed by atoms with van der Waals surface area (Å²) in [6, 6.07) is 0.